The first-order valence-electron chi connectivity index (χ1n) is 6.87. The molecule has 6 heteroatoms. The summed E-state index contributed by atoms with van der Waals surface area (Å²) in [5, 5.41) is 14.8. The first-order chi connectivity index (χ1) is 9.58. The number of nitro benzene ring substituents is 1. The highest BCUT2D eigenvalue weighted by molar-refractivity contribution is 7.99. The monoisotopic (exact) mass is 298 g/mol. The van der Waals surface area contributed by atoms with Crippen LogP contribution in [-0.2, 0) is 6.54 Å². The summed E-state index contributed by atoms with van der Waals surface area (Å²) < 4.78 is 13.3. The lowest BCUT2D eigenvalue weighted by Gasteiger charge is -2.13. The number of rotatable bonds is 6. The minimum atomic E-state index is -0.559. The number of nitrogens with zero attached hydrogens (tertiary/aromatic N) is 1. The number of hydrogen-bond donors (Lipinski definition) is 1. The fraction of sp³-hybridized carbons (Fsp3) is 0.571. The molecule has 1 N–H and O–H groups in total. The van der Waals surface area contributed by atoms with E-state index < -0.39 is 10.7 Å². The second-order valence-corrected chi connectivity index (χ2v) is 6.62. The maximum Gasteiger partial charge on any atom is 0.272 e. The summed E-state index contributed by atoms with van der Waals surface area (Å²) >= 11 is 1.98. The average molecular weight is 298 g/mol. The molecule has 4 nitrogen and oxygen atoms in total. The van der Waals surface area contributed by atoms with Crippen LogP contribution in [0.5, 0.6) is 0 Å². The molecule has 1 fully saturated rings. The molecule has 1 aromatic rings. The van der Waals surface area contributed by atoms with Crippen molar-refractivity contribution in [2.75, 3.05) is 5.75 Å². The van der Waals surface area contributed by atoms with Crippen molar-refractivity contribution in [3.8, 4) is 0 Å². The summed E-state index contributed by atoms with van der Waals surface area (Å²) in [7, 11) is 0. The molecule has 0 bridgehead atoms. The predicted octanol–water partition coefficient (Wildman–Crippen LogP) is 3.50. The van der Waals surface area contributed by atoms with Gasteiger partial charge in [-0.25, -0.2) is 4.39 Å². The Morgan fingerprint density at radius 2 is 2.25 bits per heavy atom. The van der Waals surface area contributed by atoms with Crippen molar-refractivity contribution in [3.63, 3.8) is 0 Å². The Kier molecular flexibility index (Phi) is 5.37. The molecule has 1 saturated carbocycles. The van der Waals surface area contributed by atoms with Gasteiger partial charge >= 0.3 is 0 Å². The second kappa shape index (κ2) is 7.04. The molecule has 0 amide bonds. The number of benzene rings is 1. The zero-order valence-electron chi connectivity index (χ0n) is 11.5. The second-order valence-electron chi connectivity index (χ2n) is 5.04. The van der Waals surface area contributed by atoms with Crippen LogP contribution in [-0.4, -0.2) is 22.0 Å². The van der Waals surface area contributed by atoms with Crippen molar-refractivity contribution in [3.05, 3.63) is 39.7 Å². The van der Waals surface area contributed by atoms with E-state index >= 15 is 0 Å². The third-order valence-electron chi connectivity index (χ3n) is 3.53. The van der Waals surface area contributed by atoms with Crippen molar-refractivity contribution >= 4 is 17.4 Å². The highest BCUT2D eigenvalue weighted by Gasteiger charge is 2.24. The van der Waals surface area contributed by atoms with Crippen molar-refractivity contribution in [2.24, 2.45) is 0 Å². The maximum absolute atomic E-state index is 13.3. The number of thioether (sulfide) groups is 1. The minimum Gasteiger partial charge on any atom is -0.310 e. The molecule has 1 aliphatic rings. The Morgan fingerprint density at radius 3 is 2.95 bits per heavy atom. The highest BCUT2D eigenvalue weighted by atomic mass is 32.2. The first kappa shape index (κ1) is 15.3. The Balaban J connectivity index is 1.90. The molecular weight excluding hydrogens is 279 g/mol. The fourth-order valence-electron chi connectivity index (χ4n) is 2.62. The molecule has 0 saturated heterocycles. The third-order valence-corrected chi connectivity index (χ3v) is 4.77. The van der Waals surface area contributed by atoms with Crippen LogP contribution >= 0.6 is 11.8 Å². The summed E-state index contributed by atoms with van der Waals surface area (Å²) in [6.07, 6.45) is 3.45. The maximum atomic E-state index is 13.3. The Labute approximate surface area is 122 Å². The highest BCUT2D eigenvalue weighted by Crippen LogP contribution is 2.29. The van der Waals surface area contributed by atoms with E-state index in [-0.39, 0.29) is 5.69 Å². The van der Waals surface area contributed by atoms with E-state index in [0.29, 0.717) is 23.4 Å². The van der Waals surface area contributed by atoms with Gasteiger partial charge in [0.2, 0.25) is 0 Å². The van der Waals surface area contributed by atoms with E-state index in [2.05, 4.69) is 12.2 Å². The zero-order chi connectivity index (χ0) is 14.5. The average Bonchev–Trinajstić information content (AvgIpc) is 2.84. The number of nitrogens with one attached hydrogen (secondary N) is 1. The largest absolute Gasteiger partial charge is 0.310 e. The fourth-order valence-corrected chi connectivity index (χ4v) is 3.76. The first-order valence-corrected chi connectivity index (χ1v) is 7.92. The summed E-state index contributed by atoms with van der Waals surface area (Å²) in [5.41, 5.74) is 0.441. The molecular formula is C14H19FN2O2S. The molecule has 0 heterocycles. The van der Waals surface area contributed by atoms with Gasteiger partial charge in [0.05, 0.1) is 11.0 Å². The zero-order valence-corrected chi connectivity index (χ0v) is 12.3. The normalized spacial score (nSPS) is 22.1. The van der Waals surface area contributed by atoms with Gasteiger partial charge in [-0.1, -0.05) is 6.92 Å². The SMILES string of the molecule is CCSC1CCC(NCc2cc(F)cc([N+](=O)[O-])c2)C1. The van der Waals surface area contributed by atoms with Crippen molar-refractivity contribution in [1.29, 1.82) is 0 Å². The summed E-state index contributed by atoms with van der Waals surface area (Å²) in [4.78, 5) is 10.1. The smallest absolute Gasteiger partial charge is 0.272 e. The van der Waals surface area contributed by atoms with Crippen LogP contribution in [0.1, 0.15) is 31.7 Å². The van der Waals surface area contributed by atoms with Crippen LogP contribution in [0.3, 0.4) is 0 Å². The molecule has 0 aliphatic heterocycles. The molecule has 0 radical (unpaired) electrons. The van der Waals surface area contributed by atoms with E-state index in [1.165, 1.54) is 18.6 Å². The van der Waals surface area contributed by atoms with E-state index in [0.717, 1.165) is 24.7 Å². The standard InChI is InChI=1S/C14H19FN2O2S/c1-2-20-14-4-3-12(8-14)16-9-10-5-11(15)7-13(6-10)17(18)19/h5-7,12,14,16H,2-4,8-9H2,1H3. The van der Waals surface area contributed by atoms with Gasteiger partial charge in [-0.3, -0.25) is 10.1 Å². The van der Waals surface area contributed by atoms with Crippen LogP contribution in [0.2, 0.25) is 0 Å². The molecule has 1 aliphatic carbocycles. The van der Waals surface area contributed by atoms with Gasteiger partial charge in [-0.15, -0.1) is 0 Å². The molecule has 1 aromatic carbocycles. The van der Waals surface area contributed by atoms with Crippen molar-refractivity contribution < 1.29 is 9.31 Å². The predicted molar refractivity (Wildman–Crippen MR) is 79.5 cm³/mol. The molecule has 2 rings (SSSR count). The number of halogens is 1. The number of hydrogen-bond acceptors (Lipinski definition) is 4. The van der Waals surface area contributed by atoms with E-state index in [4.69, 9.17) is 0 Å². The quantitative estimate of drug-likeness (QED) is 0.645. The number of nitro groups is 1. The Bertz CT molecular complexity index is 484. The lowest BCUT2D eigenvalue weighted by atomic mass is 10.1. The minimum absolute atomic E-state index is 0.187. The molecule has 20 heavy (non-hydrogen) atoms. The van der Waals surface area contributed by atoms with Gasteiger partial charge < -0.3 is 5.32 Å². The summed E-state index contributed by atoms with van der Waals surface area (Å²) in [6, 6.07) is 4.17. The van der Waals surface area contributed by atoms with Gasteiger partial charge in [0.25, 0.3) is 5.69 Å². The van der Waals surface area contributed by atoms with Gasteiger partial charge in [0.1, 0.15) is 5.82 Å². The number of non-ortho nitro benzene ring substituents is 1. The molecule has 2 unspecified atom stereocenters. The summed E-state index contributed by atoms with van der Waals surface area (Å²) in [6.45, 7) is 2.64. The van der Waals surface area contributed by atoms with Crippen molar-refractivity contribution in [2.45, 2.75) is 44.0 Å². The van der Waals surface area contributed by atoms with Gasteiger partial charge in [-0.05, 0) is 36.6 Å². The van der Waals surface area contributed by atoms with Crippen molar-refractivity contribution in [1.82, 2.24) is 5.32 Å². The van der Waals surface area contributed by atoms with E-state index in [1.54, 1.807) is 0 Å². The molecule has 0 spiro atoms. The lowest BCUT2D eigenvalue weighted by Crippen LogP contribution is -2.26. The van der Waals surface area contributed by atoms with Crippen LogP contribution < -0.4 is 5.32 Å². The molecule has 2 atom stereocenters. The third kappa shape index (κ3) is 4.18. The van der Waals surface area contributed by atoms with Gasteiger partial charge in [-0.2, -0.15) is 11.8 Å². The lowest BCUT2D eigenvalue weighted by molar-refractivity contribution is -0.385. The van der Waals surface area contributed by atoms with E-state index in [9.17, 15) is 14.5 Å². The Hall–Kier alpha value is -1.14. The Morgan fingerprint density at radius 1 is 1.45 bits per heavy atom. The molecule has 110 valence electrons. The van der Waals surface area contributed by atoms with Gasteiger partial charge in [0, 0.05) is 23.9 Å². The van der Waals surface area contributed by atoms with Crippen LogP contribution in [0.25, 0.3) is 0 Å². The van der Waals surface area contributed by atoms with Crippen LogP contribution in [0, 0.1) is 15.9 Å². The summed E-state index contributed by atoms with van der Waals surface area (Å²) in [5.74, 6) is 0.579. The van der Waals surface area contributed by atoms with Crippen LogP contribution in [0.4, 0.5) is 10.1 Å². The molecule has 0 aromatic heterocycles. The van der Waals surface area contributed by atoms with E-state index in [1.807, 2.05) is 11.8 Å². The van der Waals surface area contributed by atoms with Gasteiger partial charge in [0.15, 0.2) is 0 Å². The topological polar surface area (TPSA) is 55.2 Å². The van der Waals surface area contributed by atoms with Crippen LogP contribution in [0.15, 0.2) is 18.2 Å².